The van der Waals surface area contributed by atoms with Gasteiger partial charge in [-0.2, -0.15) is 28.4 Å². The van der Waals surface area contributed by atoms with E-state index in [0.29, 0.717) is 51.1 Å². The summed E-state index contributed by atoms with van der Waals surface area (Å²) in [5.74, 6) is 0.461. The summed E-state index contributed by atoms with van der Waals surface area (Å²) in [6, 6.07) is 4.64. The standard InChI is InChI=1S/C23H30F3N5O5S/c1-16(32)27-21-4-7-31(28-21)22(33)30-10-8-29(9-11-30)15-17-2-3-18(23(24,25)26)14-20(17)36-19-5-12-37(34,35)13-6-19/h2-4,7,14,19,34-35H,5-6,8-13,15H2,1H3,(H,27,28,32). The van der Waals surface area contributed by atoms with Crippen molar-refractivity contribution in [2.75, 3.05) is 43.0 Å². The van der Waals surface area contributed by atoms with Crippen molar-refractivity contribution in [2.24, 2.45) is 0 Å². The number of piperazine rings is 1. The molecule has 2 aliphatic heterocycles. The quantitative estimate of drug-likeness (QED) is 0.521. The molecular weight excluding hydrogens is 515 g/mol. The number of carbonyl (C=O) groups is 2. The van der Waals surface area contributed by atoms with Crippen LogP contribution in [-0.4, -0.2) is 84.4 Å². The van der Waals surface area contributed by atoms with Crippen LogP contribution in [0.25, 0.3) is 0 Å². The van der Waals surface area contributed by atoms with Gasteiger partial charge in [0.15, 0.2) is 5.82 Å². The first-order chi connectivity index (χ1) is 17.4. The molecule has 2 aliphatic rings. The van der Waals surface area contributed by atoms with Crippen LogP contribution in [0.3, 0.4) is 0 Å². The molecule has 2 saturated heterocycles. The summed E-state index contributed by atoms with van der Waals surface area (Å²) in [5.41, 5.74) is -0.211. The van der Waals surface area contributed by atoms with Gasteiger partial charge in [0.25, 0.3) is 0 Å². The van der Waals surface area contributed by atoms with Gasteiger partial charge >= 0.3 is 12.2 Å². The molecule has 0 radical (unpaired) electrons. The van der Waals surface area contributed by atoms with Crippen LogP contribution in [0, 0.1) is 0 Å². The van der Waals surface area contributed by atoms with E-state index in [1.54, 1.807) is 4.90 Å². The Balaban J connectivity index is 1.39. The van der Waals surface area contributed by atoms with Crippen LogP contribution in [0.4, 0.5) is 23.8 Å². The van der Waals surface area contributed by atoms with Gasteiger partial charge in [-0.1, -0.05) is 6.07 Å². The molecule has 0 bridgehead atoms. The van der Waals surface area contributed by atoms with Crippen molar-refractivity contribution in [1.29, 1.82) is 0 Å². The molecule has 0 spiro atoms. The third-order valence-corrected chi connectivity index (χ3v) is 8.13. The molecule has 2 fully saturated rings. The van der Waals surface area contributed by atoms with Gasteiger partial charge in [-0.15, -0.1) is 5.10 Å². The van der Waals surface area contributed by atoms with Gasteiger partial charge in [-0.25, -0.2) is 4.79 Å². The summed E-state index contributed by atoms with van der Waals surface area (Å²) in [7, 11) is -2.63. The van der Waals surface area contributed by atoms with E-state index in [0.717, 1.165) is 16.8 Å². The number of nitrogens with zero attached hydrogens (tertiary/aromatic N) is 4. The number of halogens is 3. The zero-order valence-corrected chi connectivity index (χ0v) is 21.1. The van der Waals surface area contributed by atoms with Gasteiger partial charge in [-0.3, -0.25) is 18.8 Å². The molecule has 3 N–H and O–H groups in total. The van der Waals surface area contributed by atoms with Crippen molar-refractivity contribution in [3.05, 3.63) is 41.6 Å². The fourth-order valence-corrected chi connectivity index (χ4v) is 5.80. The Morgan fingerprint density at radius 2 is 1.81 bits per heavy atom. The van der Waals surface area contributed by atoms with E-state index in [1.165, 1.54) is 25.3 Å². The average molecular weight is 546 g/mol. The molecule has 14 heteroatoms. The Morgan fingerprint density at radius 1 is 1.14 bits per heavy atom. The molecule has 3 heterocycles. The molecule has 10 nitrogen and oxygen atoms in total. The maximum Gasteiger partial charge on any atom is 0.416 e. The first kappa shape index (κ1) is 27.2. The number of rotatable bonds is 5. The van der Waals surface area contributed by atoms with Crippen molar-refractivity contribution in [3.63, 3.8) is 0 Å². The van der Waals surface area contributed by atoms with E-state index in [4.69, 9.17) is 4.74 Å². The van der Waals surface area contributed by atoms with E-state index in [-0.39, 0.29) is 35.0 Å². The highest BCUT2D eigenvalue weighted by molar-refractivity contribution is 8.24. The summed E-state index contributed by atoms with van der Waals surface area (Å²) >= 11 is 0. The average Bonchev–Trinajstić information content (AvgIpc) is 3.28. The maximum atomic E-state index is 13.4. The Bertz CT molecular complexity index is 1120. The van der Waals surface area contributed by atoms with Crippen molar-refractivity contribution in [1.82, 2.24) is 19.6 Å². The highest BCUT2D eigenvalue weighted by Crippen LogP contribution is 2.45. The van der Waals surface area contributed by atoms with Gasteiger partial charge in [0, 0.05) is 81.8 Å². The predicted octanol–water partition coefficient (Wildman–Crippen LogP) is 3.94. The highest BCUT2D eigenvalue weighted by Gasteiger charge is 2.33. The smallest absolute Gasteiger partial charge is 0.416 e. The number of anilines is 1. The first-order valence-electron chi connectivity index (χ1n) is 11.8. The van der Waals surface area contributed by atoms with E-state index in [9.17, 15) is 31.9 Å². The molecule has 1 aromatic heterocycles. The highest BCUT2D eigenvalue weighted by atomic mass is 32.3. The monoisotopic (exact) mass is 545 g/mol. The lowest BCUT2D eigenvalue weighted by atomic mass is 10.1. The minimum absolute atomic E-state index is 0.138. The molecule has 4 rings (SSSR count). The topological polar surface area (TPSA) is 120 Å². The SMILES string of the molecule is CC(=O)Nc1ccn(C(=O)N2CCN(Cc3ccc(C(F)(F)F)cc3OC3CCS(O)(O)CC3)CC2)n1. The second kappa shape index (κ2) is 10.9. The zero-order valence-electron chi connectivity index (χ0n) is 20.3. The van der Waals surface area contributed by atoms with E-state index in [1.807, 2.05) is 4.90 Å². The molecule has 2 amide bonds. The van der Waals surface area contributed by atoms with Crippen molar-refractivity contribution < 1.29 is 36.6 Å². The van der Waals surface area contributed by atoms with Crippen LogP contribution in [0.1, 0.15) is 30.9 Å². The number of hydrogen-bond donors (Lipinski definition) is 3. The molecule has 204 valence electrons. The van der Waals surface area contributed by atoms with Gasteiger partial charge < -0.3 is 15.0 Å². The maximum absolute atomic E-state index is 13.4. The van der Waals surface area contributed by atoms with Gasteiger partial charge in [0.2, 0.25) is 5.91 Å². The summed E-state index contributed by atoms with van der Waals surface area (Å²) in [6.07, 6.45) is -2.73. The largest absolute Gasteiger partial charge is 0.490 e. The van der Waals surface area contributed by atoms with Gasteiger partial charge in [0.1, 0.15) is 11.9 Å². The molecule has 0 saturated carbocycles. The van der Waals surface area contributed by atoms with Crippen LogP contribution in [0.2, 0.25) is 0 Å². The van der Waals surface area contributed by atoms with Crippen LogP contribution < -0.4 is 10.1 Å². The van der Waals surface area contributed by atoms with Gasteiger partial charge in [0.05, 0.1) is 5.56 Å². The van der Waals surface area contributed by atoms with Crippen LogP contribution in [-0.2, 0) is 17.5 Å². The number of alkyl halides is 3. The second-order valence-electron chi connectivity index (χ2n) is 9.22. The second-order valence-corrected chi connectivity index (χ2v) is 11.6. The minimum atomic E-state index is -4.52. The zero-order chi connectivity index (χ0) is 26.8. The molecule has 37 heavy (non-hydrogen) atoms. The fourth-order valence-electron chi connectivity index (χ4n) is 4.32. The molecular formula is C23H30F3N5O5S. The van der Waals surface area contributed by atoms with Crippen LogP contribution in [0.15, 0.2) is 30.5 Å². The lowest BCUT2D eigenvalue weighted by Crippen LogP contribution is -2.49. The lowest BCUT2D eigenvalue weighted by Gasteiger charge is -2.39. The lowest BCUT2D eigenvalue weighted by molar-refractivity contribution is -0.137. The summed E-state index contributed by atoms with van der Waals surface area (Å²) in [6.45, 7) is 3.47. The molecule has 0 atom stereocenters. The van der Waals surface area contributed by atoms with Crippen molar-refractivity contribution in [2.45, 2.75) is 38.6 Å². The third kappa shape index (κ3) is 7.15. The number of carbonyl (C=O) groups excluding carboxylic acids is 2. The van der Waals surface area contributed by atoms with Crippen LogP contribution >= 0.6 is 10.6 Å². The number of hydrogen-bond acceptors (Lipinski definition) is 7. The van der Waals surface area contributed by atoms with Crippen molar-refractivity contribution >= 4 is 28.3 Å². The summed E-state index contributed by atoms with van der Waals surface area (Å²) in [5, 5.41) is 6.57. The minimum Gasteiger partial charge on any atom is -0.490 e. The summed E-state index contributed by atoms with van der Waals surface area (Å²) in [4.78, 5) is 27.6. The van der Waals surface area contributed by atoms with Gasteiger partial charge in [-0.05, 0) is 12.1 Å². The summed E-state index contributed by atoms with van der Waals surface area (Å²) < 4.78 is 66.9. The first-order valence-corrected chi connectivity index (χ1v) is 13.7. The number of benzene rings is 1. The Kier molecular flexibility index (Phi) is 8.02. The number of aromatic nitrogens is 2. The Hall–Kier alpha value is -2.81. The fraction of sp³-hybridized carbons (Fsp3) is 0.522. The predicted molar refractivity (Wildman–Crippen MR) is 132 cm³/mol. The van der Waals surface area contributed by atoms with Crippen LogP contribution in [0.5, 0.6) is 5.75 Å². The third-order valence-electron chi connectivity index (χ3n) is 6.35. The number of ether oxygens (including phenoxy) is 1. The van der Waals surface area contributed by atoms with E-state index in [2.05, 4.69) is 10.4 Å². The Labute approximate surface area is 213 Å². The van der Waals surface area contributed by atoms with E-state index >= 15 is 0 Å². The molecule has 2 aromatic rings. The van der Waals surface area contributed by atoms with Crippen molar-refractivity contribution in [3.8, 4) is 5.75 Å². The number of amides is 2. The Morgan fingerprint density at radius 3 is 2.43 bits per heavy atom. The molecule has 1 aromatic carbocycles. The van der Waals surface area contributed by atoms with E-state index < -0.39 is 28.4 Å². The molecule has 0 unspecified atom stereocenters. The molecule has 0 aliphatic carbocycles. The number of nitrogens with one attached hydrogen (secondary N) is 1. The normalized spacial score (nSPS) is 19.9.